The molecule has 0 atom stereocenters. The maximum atomic E-state index is 11.4. The number of rotatable bonds is 8. The van der Waals surface area contributed by atoms with Gasteiger partial charge in [-0.05, 0) is 42.5 Å². The molecule has 0 aliphatic rings. The van der Waals surface area contributed by atoms with E-state index in [1.807, 2.05) is 18.2 Å². The van der Waals surface area contributed by atoms with Crippen LogP contribution < -0.4 is 5.73 Å². The fraction of sp³-hybridized carbons (Fsp3) is 0.500. The van der Waals surface area contributed by atoms with E-state index in [1.165, 1.54) is 14.2 Å². The van der Waals surface area contributed by atoms with Gasteiger partial charge in [0.25, 0.3) is 0 Å². The van der Waals surface area contributed by atoms with E-state index >= 15 is 0 Å². The molecule has 0 fully saturated rings. The zero-order chi connectivity index (χ0) is 15.7. The minimum atomic E-state index is -0.239. The molecular formula is C16H23NO4. The summed E-state index contributed by atoms with van der Waals surface area (Å²) < 4.78 is 9.36. The molecule has 5 nitrogen and oxygen atoms in total. The van der Waals surface area contributed by atoms with Crippen molar-refractivity contribution in [3.05, 3.63) is 34.9 Å². The van der Waals surface area contributed by atoms with E-state index in [0.717, 1.165) is 23.1 Å². The summed E-state index contributed by atoms with van der Waals surface area (Å²) >= 11 is 0. The predicted molar refractivity (Wildman–Crippen MR) is 79.9 cm³/mol. The summed E-state index contributed by atoms with van der Waals surface area (Å²) in [5.74, 6) is -0.477. The van der Waals surface area contributed by atoms with E-state index in [2.05, 4.69) is 9.47 Å². The van der Waals surface area contributed by atoms with Crippen molar-refractivity contribution in [1.29, 1.82) is 0 Å². The van der Waals surface area contributed by atoms with E-state index in [0.29, 0.717) is 32.2 Å². The minimum absolute atomic E-state index is 0.238. The van der Waals surface area contributed by atoms with Gasteiger partial charge in [-0.25, -0.2) is 0 Å². The summed E-state index contributed by atoms with van der Waals surface area (Å²) in [5, 5.41) is 0. The van der Waals surface area contributed by atoms with Gasteiger partial charge in [-0.3, -0.25) is 9.59 Å². The van der Waals surface area contributed by atoms with E-state index in [9.17, 15) is 9.59 Å². The summed E-state index contributed by atoms with van der Waals surface area (Å²) in [7, 11) is 2.76. The van der Waals surface area contributed by atoms with Crippen molar-refractivity contribution in [2.75, 3.05) is 20.8 Å². The molecule has 0 spiro atoms. The van der Waals surface area contributed by atoms with Gasteiger partial charge in [-0.2, -0.15) is 0 Å². The molecule has 1 aromatic rings. The molecular weight excluding hydrogens is 270 g/mol. The van der Waals surface area contributed by atoms with Crippen LogP contribution in [0.25, 0.3) is 0 Å². The van der Waals surface area contributed by atoms with Crippen LogP contribution in [0.5, 0.6) is 0 Å². The second kappa shape index (κ2) is 9.13. The minimum Gasteiger partial charge on any atom is -0.469 e. The highest BCUT2D eigenvalue weighted by molar-refractivity contribution is 5.70. The summed E-state index contributed by atoms with van der Waals surface area (Å²) in [6.07, 6.45) is 2.60. The first-order valence-corrected chi connectivity index (χ1v) is 7.05. The van der Waals surface area contributed by atoms with Crippen molar-refractivity contribution in [2.45, 2.75) is 32.1 Å². The lowest BCUT2D eigenvalue weighted by atomic mass is 9.92. The Kier molecular flexibility index (Phi) is 7.46. The van der Waals surface area contributed by atoms with Crippen LogP contribution in [0.1, 0.15) is 29.5 Å². The van der Waals surface area contributed by atoms with Crippen LogP contribution in [0.15, 0.2) is 18.2 Å². The van der Waals surface area contributed by atoms with E-state index in [4.69, 9.17) is 5.73 Å². The van der Waals surface area contributed by atoms with Crippen molar-refractivity contribution < 1.29 is 19.1 Å². The van der Waals surface area contributed by atoms with Crippen LogP contribution in [0.3, 0.4) is 0 Å². The Hall–Kier alpha value is -1.88. The standard InChI is InChI=1S/C16H23NO4/c1-20-15(18)8-6-12-4-3-5-13(10-11-17)14(12)7-9-16(19)21-2/h3-5H,6-11,17H2,1-2H3. The average molecular weight is 293 g/mol. The molecule has 0 saturated heterocycles. The summed E-state index contributed by atoms with van der Waals surface area (Å²) in [5.41, 5.74) is 8.93. The summed E-state index contributed by atoms with van der Waals surface area (Å²) in [6, 6.07) is 5.95. The number of hydrogen-bond donors (Lipinski definition) is 1. The molecule has 0 radical (unpaired) electrons. The Morgan fingerprint density at radius 2 is 1.48 bits per heavy atom. The number of benzene rings is 1. The molecule has 0 aliphatic carbocycles. The van der Waals surface area contributed by atoms with Gasteiger partial charge in [0.15, 0.2) is 0 Å². The predicted octanol–water partition coefficient (Wildman–Crippen LogP) is 1.40. The highest BCUT2D eigenvalue weighted by Crippen LogP contribution is 2.19. The van der Waals surface area contributed by atoms with E-state index in [1.54, 1.807) is 0 Å². The monoisotopic (exact) mass is 293 g/mol. The van der Waals surface area contributed by atoms with Crippen molar-refractivity contribution in [3.63, 3.8) is 0 Å². The number of aryl methyl sites for hydroxylation is 1. The molecule has 0 saturated carbocycles. The number of hydrogen-bond acceptors (Lipinski definition) is 5. The normalized spacial score (nSPS) is 10.2. The van der Waals surface area contributed by atoms with Crippen LogP contribution in [0.4, 0.5) is 0 Å². The van der Waals surface area contributed by atoms with Gasteiger partial charge >= 0.3 is 11.9 Å². The second-order valence-electron chi connectivity index (χ2n) is 4.75. The van der Waals surface area contributed by atoms with Crippen molar-refractivity contribution in [2.24, 2.45) is 5.73 Å². The maximum Gasteiger partial charge on any atom is 0.305 e. The number of nitrogens with two attached hydrogens (primary N) is 1. The largest absolute Gasteiger partial charge is 0.469 e. The third-order valence-corrected chi connectivity index (χ3v) is 3.42. The smallest absolute Gasteiger partial charge is 0.305 e. The first-order chi connectivity index (χ1) is 10.1. The van der Waals surface area contributed by atoms with Gasteiger partial charge < -0.3 is 15.2 Å². The highest BCUT2D eigenvalue weighted by Gasteiger charge is 2.12. The number of carbonyl (C=O) groups excluding carboxylic acids is 2. The first-order valence-electron chi connectivity index (χ1n) is 7.05. The van der Waals surface area contributed by atoms with Crippen molar-refractivity contribution >= 4 is 11.9 Å². The fourth-order valence-electron chi connectivity index (χ4n) is 2.30. The Morgan fingerprint density at radius 1 is 0.952 bits per heavy atom. The lowest BCUT2D eigenvalue weighted by Gasteiger charge is -2.14. The molecule has 0 unspecified atom stereocenters. The summed E-state index contributed by atoms with van der Waals surface area (Å²) in [6.45, 7) is 0.547. The molecule has 0 bridgehead atoms. The molecule has 0 aliphatic heterocycles. The highest BCUT2D eigenvalue weighted by atomic mass is 16.5. The topological polar surface area (TPSA) is 78.6 Å². The maximum absolute atomic E-state index is 11.4. The molecule has 0 aromatic heterocycles. The van der Waals surface area contributed by atoms with Crippen LogP contribution in [0.2, 0.25) is 0 Å². The van der Waals surface area contributed by atoms with Gasteiger partial charge in [0.05, 0.1) is 14.2 Å². The van der Waals surface area contributed by atoms with Gasteiger partial charge in [0, 0.05) is 12.8 Å². The lowest BCUT2D eigenvalue weighted by molar-refractivity contribution is -0.141. The molecule has 1 aromatic carbocycles. The van der Waals surface area contributed by atoms with Gasteiger partial charge in [0.2, 0.25) is 0 Å². The summed E-state index contributed by atoms with van der Waals surface area (Å²) in [4.78, 5) is 22.7. The van der Waals surface area contributed by atoms with Gasteiger partial charge in [-0.1, -0.05) is 18.2 Å². The Labute approximate surface area is 125 Å². The quantitative estimate of drug-likeness (QED) is 0.733. The molecule has 2 N–H and O–H groups in total. The Morgan fingerprint density at radius 3 is 2.00 bits per heavy atom. The number of carbonyl (C=O) groups is 2. The van der Waals surface area contributed by atoms with Crippen LogP contribution in [-0.4, -0.2) is 32.7 Å². The first kappa shape index (κ1) is 17.2. The van der Waals surface area contributed by atoms with Crippen LogP contribution in [0, 0.1) is 0 Å². The number of ether oxygens (including phenoxy) is 2. The zero-order valence-electron chi connectivity index (χ0n) is 12.7. The third kappa shape index (κ3) is 5.55. The molecule has 5 heteroatoms. The molecule has 1 rings (SSSR count). The molecule has 116 valence electrons. The third-order valence-electron chi connectivity index (χ3n) is 3.42. The second-order valence-corrected chi connectivity index (χ2v) is 4.75. The van der Waals surface area contributed by atoms with Gasteiger partial charge in [0.1, 0.15) is 0 Å². The number of methoxy groups -OCH3 is 2. The van der Waals surface area contributed by atoms with Crippen molar-refractivity contribution in [3.8, 4) is 0 Å². The van der Waals surface area contributed by atoms with Crippen LogP contribution >= 0.6 is 0 Å². The fourth-order valence-corrected chi connectivity index (χ4v) is 2.30. The average Bonchev–Trinajstić information content (AvgIpc) is 2.51. The van der Waals surface area contributed by atoms with Gasteiger partial charge in [-0.15, -0.1) is 0 Å². The molecule has 0 amide bonds. The molecule has 0 heterocycles. The van der Waals surface area contributed by atoms with E-state index in [-0.39, 0.29) is 11.9 Å². The Balaban J connectivity index is 2.90. The Bertz CT molecular complexity index is 485. The van der Waals surface area contributed by atoms with Crippen molar-refractivity contribution in [1.82, 2.24) is 0 Å². The number of esters is 2. The van der Waals surface area contributed by atoms with E-state index < -0.39 is 0 Å². The zero-order valence-corrected chi connectivity index (χ0v) is 12.7. The SMILES string of the molecule is COC(=O)CCc1cccc(CCN)c1CCC(=O)OC. The molecule has 21 heavy (non-hydrogen) atoms. The van der Waals surface area contributed by atoms with Crippen LogP contribution in [-0.2, 0) is 38.3 Å². The lowest BCUT2D eigenvalue weighted by Crippen LogP contribution is -2.11.